The molecule has 2 aromatic rings. The molecule has 0 aliphatic heterocycles. The highest BCUT2D eigenvalue weighted by Crippen LogP contribution is 2.10. The fraction of sp³-hybridized carbons (Fsp3) is 0.211. The van der Waals surface area contributed by atoms with Gasteiger partial charge in [-0.2, -0.15) is 5.10 Å². The Morgan fingerprint density at radius 1 is 1.04 bits per heavy atom. The molecule has 5 heteroatoms. The lowest BCUT2D eigenvalue weighted by molar-refractivity contribution is -0.116. The van der Waals surface area contributed by atoms with Crippen molar-refractivity contribution in [2.75, 3.05) is 5.32 Å². The fourth-order valence-electron chi connectivity index (χ4n) is 2.04. The van der Waals surface area contributed by atoms with Gasteiger partial charge in [-0.05, 0) is 43.2 Å². The Morgan fingerprint density at radius 2 is 1.71 bits per heavy atom. The summed E-state index contributed by atoms with van der Waals surface area (Å²) in [4.78, 5) is 23.5. The molecule has 124 valence electrons. The van der Waals surface area contributed by atoms with Gasteiger partial charge in [0.25, 0.3) is 5.91 Å². The summed E-state index contributed by atoms with van der Waals surface area (Å²) in [5.41, 5.74) is 5.72. The van der Waals surface area contributed by atoms with E-state index in [1.54, 1.807) is 30.5 Å². The van der Waals surface area contributed by atoms with E-state index < -0.39 is 0 Å². The van der Waals surface area contributed by atoms with Crippen LogP contribution in [0.25, 0.3) is 0 Å². The lowest BCUT2D eigenvalue weighted by atomic mass is 10.2. The zero-order valence-corrected chi connectivity index (χ0v) is 13.9. The van der Waals surface area contributed by atoms with Crippen LogP contribution in [0.1, 0.15) is 41.3 Å². The van der Waals surface area contributed by atoms with Crippen LogP contribution in [-0.2, 0) is 4.79 Å². The van der Waals surface area contributed by atoms with Gasteiger partial charge < -0.3 is 5.32 Å². The van der Waals surface area contributed by atoms with E-state index in [1.807, 2.05) is 38.1 Å². The predicted octanol–water partition coefficient (Wildman–Crippen LogP) is 3.50. The first kappa shape index (κ1) is 17.4. The minimum atomic E-state index is -0.301. The van der Waals surface area contributed by atoms with Crippen LogP contribution in [0.15, 0.2) is 53.6 Å². The molecule has 0 aliphatic rings. The fourth-order valence-corrected chi connectivity index (χ4v) is 2.04. The maximum absolute atomic E-state index is 12.0. The number of hydrogen-bond acceptors (Lipinski definition) is 3. The zero-order valence-electron chi connectivity index (χ0n) is 13.9. The van der Waals surface area contributed by atoms with Gasteiger partial charge in [-0.1, -0.05) is 36.8 Å². The van der Waals surface area contributed by atoms with Crippen LogP contribution in [0.4, 0.5) is 5.69 Å². The minimum absolute atomic E-state index is 0.0302. The quantitative estimate of drug-likeness (QED) is 0.631. The van der Waals surface area contributed by atoms with E-state index in [0.29, 0.717) is 17.7 Å². The van der Waals surface area contributed by atoms with Gasteiger partial charge >= 0.3 is 0 Å². The second-order valence-corrected chi connectivity index (χ2v) is 5.49. The predicted molar refractivity (Wildman–Crippen MR) is 96.2 cm³/mol. The van der Waals surface area contributed by atoms with Gasteiger partial charge in [-0.15, -0.1) is 0 Å². The number of benzene rings is 2. The minimum Gasteiger partial charge on any atom is -0.326 e. The van der Waals surface area contributed by atoms with Gasteiger partial charge in [0.05, 0.1) is 6.21 Å². The third kappa shape index (κ3) is 5.35. The second-order valence-electron chi connectivity index (χ2n) is 5.49. The first-order valence-corrected chi connectivity index (χ1v) is 7.88. The van der Waals surface area contributed by atoms with Crippen LogP contribution >= 0.6 is 0 Å². The third-order valence-corrected chi connectivity index (χ3v) is 3.36. The highest BCUT2D eigenvalue weighted by atomic mass is 16.2. The van der Waals surface area contributed by atoms with E-state index in [4.69, 9.17) is 0 Å². The summed E-state index contributed by atoms with van der Waals surface area (Å²) in [6.45, 7) is 3.96. The molecular weight excluding hydrogens is 302 g/mol. The van der Waals surface area contributed by atoms with Gasteiger partial charge in [0.15, 0.2) is 0 Å². The molecule has 2 aromatic carbocycles. The number of hydrogen-bond donors (Lipinski definition) is 2. The molecule has 0 bridgehead atoms. The first-order valence-electron chi connectivity index (χ1n) is 7.88. The summed E-state index contributed by atoms with van der Waals surface area (Å²) in [6, 6.07) is 14.5. The summed E-state index contributed by atoms with van der Waals surface area (Å²) >= 11 is 0. The Balaban J connectivity index is 1.90. The number of carbonyl (C=O) groups is 2. The number of carbonyl (C=O) groups excluding carboxylic acids is 2. The van der Waals surface area contributed by atoms with Gasteiger partial charge in [0, 0.05) is 17.7 Å². The maximum Gasteiger partial charge on any atom is 0.271 e. The number of anilines is 1. The Morgan fingerprint density at radius 3 is 2.33 bits per heavy atom. The molecule has 2 N–H and O–H groups in total. The molecule has 2 rings (SSSR count). The summed E-state index contributed by atoms with van der Waals surface area (Å²) in [7, 11) is 0. The molecule has 0 fully saturated rings. The molecule has 0 aliphatic carbocycles. The Labute approximate surface area is 141 Å². The molecule has 0 atom stereocenters. The van der Waals surface area contributed by atoms with E-state index in [0.717, 1.165) is 12.0 Å². The highest BCUT2D eigenvalue weighted by Gasteiger charge is 2.05. The molecule has 0 spiro atoms. The van der Waals surface area contributed by atoms with Crippen LogP contribution in [0.5, 0.6) is 0 Å². The smallest absolute Gasteiger partial charge is 0.271 e. The zero-order chi connectivity index (χ0) is 17.4. The van der Waals surface area contributed by atoms with Crippen molar-refractivity contribution in [3.8, 4) is 0 Å². The van der Waals surface area contributed by atoms with Crippen molar-refractivity contribution in [1.82, 2.24) is 5.43 Å². The van der Waals surface area contributed by atoms with Crippen LogP contribution in [-0.4, -0.2) is 18.0 Å². The summed E-state index contributed by atoms with van der Waals surface area (Å²) < 4.78 is 0. The number of rotatable bonds is 6. The second kappa shape index (κ2) is 8.62. The maximum atomic E-state index is 12.0. The van der Waals surface area contributed by atoms with Crippen LogP contribution in [0.3, 0.4) is 0 Å². The highest BCUT2D eigenvalue weighted by molar-refractivity contribution is 5.96. The standard InChI is InChI=1S/C19H21N3O2/c1-3-4-18(23)21-17-11-9-16(10-12-17)19(24)22-20-13-15-7-5-14(2)6-8-15/h5-13H,3-4H2,1-2H3,(H,21,23)(H,22,24). The van der Waals surface area contributed by atoms with Gasteiger partial charge in [0.2, 0.25) is 5.91 Å². The molecule has 24 heavy (non-hydrogen) atoms. The van der Waals surface area contributed by atoms with Crippen LogP contribution in [0, 0.1) is 6.92 Å². The van der Waals surface area contributed by atoms with Crippen LogP contribution in [0.2, 0.25) is 0 Å². The normalized spacial score (nSPS) is 10.6. The van der Waals surface area contributed by atoms with Gasteiger partial charge in [0.1, 0.15) is 0 Å². The van der Waals surface area contributed by atoms with E-state index in [1.165, 1.54) is 5.56 Å². The Bertz CT molecular complexity index is 719. The van der Waals surface area contributed by atoms with E-state index in [-0.39, 0.29) is 11.8 Å². The molecule has 5 nitrogen and oxygen atoms in total. The lowest BCUT2D eigenvalue weighted by Gasteiger charge is -2.05. The number of aryl methyl sites for hydroxylation is 1. The monoisotopic (exact) mass is 323 g/mol. The van der Waals surface area contributed by atoms with E-state index in [9.17, 15) is 9.59 Å². The number of nitrogens with one attached hydrogen (secondary N) is 2. The van der Waals surface area contributed by atoms with Crippen molar-refractivity contribution in [3.05, 3.63) is 65.2 Å². The Hall–Kier alpha value is -2.95. The van der Waals surface area contributed by atoms with Crippen molar-refractivity contribution in [3.63, 3.8) is 0 Å². The average molecular weight is 323 g/mol. The molecule has 0 heterocycles. The van der Waals surface area contributed by atoms with Crippen molar-refractivity contribution in [2.45, 2.75) is 26.7 Å². The van der Waals surface area contributed by atoms with Crippen molar-refractivity contribution < 1.29 is 9.59 Å². The molecule has 2 amide bonds. The molecule has 0 saturated heterocycles. The van der Waals surface area contributed by atoms with Crippen molar-refractivity contribution in [2.24, 2.45) is 5.10 Å². The molecular formula is C19H21N3O2. The number of amides is 2. The van der Waals surface area contributed by atoms with Gasteiger partial charge in [-0.25, -0.2) is 5.43 Å². The lowest BCUT2D eigenvalue weighted by Crippen LogP contribution is -2.17. The largest absolute Gasteiger partial charge is 0.326 e. The van der Waals surface area contributed by atoms with E-state index >= 15 is 0 Å². The number of nitrogens with zero attached hydrogens (tertiary/aromatic N) is 1. The summed E-state index contributed by atoms with van der Waals surface area (Å²) in [5, 5.41) is 6.73. The average Bonchev–Trinajstić information content (AvgIpc) is 2.57. The van der Waals surface area contributed by atoms with Crippen molar-refractivity contribution in [1.29, 1.82) is 0 Å². The van der Waals surface area contributed by atoms with Crippen LogP contribution < -0.4 is 10.7 Å². The summed E-state index contributed by atoms with van der Waals surface area (Å²) in [5.74, 6) is -0.331. The molecule has 0 aromatic heterocycles. The third-order valence-electron chi connectivity index (χ3n) is 3.36. The topological polar surface area (TPSA) is 70.6 Å². The van der Waals surface area contributed by atoms with Crippen molar-refractivity contribution >= 4 is 23.7 Å². The Kier molecular flexibility index (Phi) is 6.25. The van der Waals surface area contributed by atoms with E-state index in [2.05, 4.69) is 15.8 Å². The molecule has 0 unspecified atom stereocenters. The SMILES string of the molecule is CCCC(=O)Nc1ccc(C(=O)NN=Cc2ccc(C)cc2)cc1. The first-order chi connectivity index (χ1) is 11.6. The molecule has 0 saturated carbocycles. The number of hydrazone groups is 1. The molecule has 0 radical (unpaired) electrons. The summed E-state index contributed by atoms with van der Waals surface area (Å²) in [6.07, 6.45) is 2.87. The van der Waals surface area contributed by atoms with Gasteiger partial charge in [-0.3, -0.25) is 9.59 Å².